The van der Waals surface area contributed by atoms with Crippen LogP contribution in [-0.4, -0.2) is 161 Å². The van der Waals surface area contributed by atoms with Gasteiger partial charge >= 0.3 is 29.8 Å². The molecule has 3 unspecified atom stereocenters. The van der Waals surface area contributed by atoms with Crippen LogP contribution in [0, 0.1) is 11.3 Å². The lowest BCUT2D eigenvalue weighted by atomic mass is 9.47. The normalized spacial score (nSPS) is 32.1. The molecule has 1 saturated heterocycles. The minimum Gasteiger partial charge on any atom is -0.496 e. The first-order chi connectivity index (χ1) is 31.8. The van der Waals surface area contributed by atoms with Gasteiger partial charge in [0.2, 0.25) is 5.60 Å². The van der Waals surface area contributed by atoms with Gasteiger partial charge in [0.25, 0.3) is 0 Å². The number of methoxy groups -OCH3 is 3. The largest absolute Gasteiger partial charge is 0.496 e. The van der Waals surface area contributed by atoms with Gasteiger partial charge in [-0.3, -0.25) is 19.4 Å². The highest BCUT2D eigenvalue weighted by molar-refractivity contribution is 5.95. The van der Waals surface area contributed by atoms with Gasteiger partial charge in [0, 0.05) is 90.9 Å². The summed E-state index contributed by atoms with van der Waals surface area (Å²) in [5.74, 6) is -4.85. The van der Waals surface area contributed by atoms with Crippen molar-refractivity contribution in [1.29, 1.82) is 0 Å². The summed E-state index contributed by atoms with van der Waals surface area (Å²) in [6.45, 7) is 9.19. The highest BCUT2D eigenvalue weighted by atomic mass is 16.6. The molecular weight excluding hydrogens is 869 g/mol. The zero-order valence-corrected chi connectivity index (χ0v) is 38.8. The molecule has 6 aliphatic rings. The number of nitrogens with one attached hydrogen (secondary N) is 1. The summed E-state index contributed by atoms with van der Waals surface area (Å²) in [5.41, 5.74) is 1.05. The van der Waals surface area contributed by atoms with Gasteiger partial charge in [-0.05, 0) is 61.4 Å². The number of carbonyl (C=O) groups is 5. The van der Waals surface area contributed by atoms with E-state index in [1.54, 1.807) is 7.11 Å². The van der Waals surface area contributed by atoms with Gasteiger partial charge in [-0.1, -0.05) is 55.8 Å². The van der Waals surface area contributed by atoms with Gasteiger partial charge in [-0.15, -0.1) is 0 Å². The molecule has 5 aliphatic heterocycles. The maximum absolute atomic E-state index is 15.2. The van der Waals surface area contributed by atoms with Crippen LogP contribution in [0.15, 0.2) is 60.2 Å². The molecule has 2 aromatic carbocycles. The lowest BCUT2D eigenvalue weighted by Crippen LogP contribution is -2.81. The van der Waals surface area contributed by atoms with E-state index in [1.807, 2.05) is 37.1 Å². The first kappa shape index (κ1) is 47.7. The molecule has 2 bridgehead atoms. The number of benzene rings is 2. The summed E-state index contributed by atoms with van der Waals surface area (Å²) in [7, 11) is 6.22. The molecule has 6 N–H and O–H groups in total. The average molecular weight is 929 g/mol. The molecule has 1 spiro atoms. The smallest absolute Gasteiger partial charge is 0.344 e. The van der Waals surface area contributed by atoms with Crippen molar-refractivity contribution < 1.29 is 68.5 Å². The van der Waals surface area contributed by atoms with Crippen molar-refractivity contribution in [3.63, 3.8) is 0 Å². The number of ether oxygens (including phenoxy) is 4. The van der Waals surface area contributed by atoms with Crippen LogP contribution in [0.3, 0.4) is 0 Å². The van der Waals surface area contributed by atoms with E-state index in [0.717, 1.165) is 52.9 Å². The van der Waals surface area contributed by atoms with Gasteiger partial charge in [-0.25, -0.2) is 14.4 Å². The van der Waals surface area contributed by atoms with Crippen LogP contribution in [0.4, 0.5) is 5.69 Å². The number of hydrogen-bond donors (Lipinski definition) is 6. The summed E-state index contributed by atoms with van der Waals surface area (Å²) in [6.07, 6.45) is 3.14. The number of para-hydroxylation sites is 1. The number of rotatable bonds is 10. The van der Waals surface area contributed by atoms with Crippen LogP contribution in [-0.2, 0) is 55.6 Å². The number of aromatic nitrogens is 1. The van der Waals surface area contributed by atoms with Gasteiger partial charge in [0.1, 0.15) is 11.2 Å². The number of carbonyl (C=O) groups excluding carboxylic acids is 3. The summed E-state index contributed by atoms with van der Waals surface area (Å²) in [5, 5.41) is 46.9. The third-order valence-electron chi connectivity index (χ3n) is 15.6. The Labute approximate surface area is 387 Å². The van der Waals surface area contributed by atoms with Gasteiger partial charge in [0.15, 0.2) is 18.3 Å². The number of hydrogen-bond acceptors (Lipinski definition) is 15. The zero-order chi connectivity index (χ0) is 48.5. The van der Waals surface area contributed by atoms with Crippen molar-refractivity contribution in [1.82, 2.24) is 14.8 Å². The van der Waals surface area contributed by atoms with Crippen molar-refractivity contribution in [2.24, 2.45) is 11.3 Å². The molecular formula is C49H60N4O14. The van der Waals surface area contributed by atoms with E-state index >= 15 is 4.79 Å². The minimum absolute atomic E-state index is 0.0284. The number of fused-ring (bicyclic) bond motifs is 6. The molecule has 6 heterocycles. The predicted molar refractivity (Wildman–Crippen MR) is 241 cm³/mol. The molecule has 18 heteroatoms. The molecule has 0 amide bonds. The number of aromatic amines is 1. The Balaban J connectivity index is 0.000000547. The average Bonchev–Trinajstić information content (AvgIpc) is 3.97. The number of carboxylic acid groups (broad SMARTS) is 2. The van der Waals surface area contributed by atoms with Crippen LogP contribution in [0.1, 0.15) is 68.8 Å². The van der Waals surface area contributed by atoms with Crippen LogP contribution in [0.5, 0.6) is 5.75 Å². The van der Waals surface area contributed by atoms with Gasteiger partial charge in [0.05, 0.1) is 27.4 Å². The number of aliphatic hydroxyl groups is 3. The summed E-state index contributed by atoms with van der Waals surface area (Å²) >= 11 is 0. The third-order valence-corrected chi connectivity index (χ3v) is 15.6. The number of anilines is 1. The van der Waals surface area contributed by atoms with Crippen LogP contribution in [0.25, 0.3) is 10.9 Å². The summed E-state index contributed by atoms with van der Waals surface area (Å²) < 4.78 is 23.9. The van der Waals surface area contributed by atoms with Crippen molar-refractivity contribution in [2.75, 3.05) is 59.5 Å². The molecule has 2 fully saturated rings. The van der Waals surface area contributed by atoms with Crippen molar-refractivity contribution in [2.45, 2.75) is 99.8 Å². The van der Waals surface area contributed by atoms with E-state index in [2.05, 4.69) is 58.1 Å². The molecule has 0 radical (unpaired) electrons. The number of aliphatic carboxylic acids is 2. The molecule has 9 rings (SSSR count). The molecule has 1 aliphatic carbocycles. The SMILES string of the molecule is CCC1=C[C@H]2CN(C1)Cc1c([nH]c3ccccc13)[C@@](C(=O)OC)(c1cc3c(cc1OC)N(C)[C@H]1[C@@](O)(C(=O)OC)[C@H](OC(C)=O)[C@]4(CC)C=CCN5CC[C@]31[C@@H]54)C2.O=C(O)C(O)C(O)C(=O)O. The maximum atomic E-state index is 15.2. The molecule has 11 atom stereocenters. The Morgan fingerprint density at radius 3 is 2.22 bits per heavy atom. The fourth-order valence-corrected chi connectivity index (χ4v) is 13.1. The number of aliphatic hydroxyl groups excluding tert-OH is 2. The zero-order valence-electron chi connectivity index (χ0n) is 38.8. The topological polar surface area (TPSA) is 249 Å². The molecule has 360 valence electrons. The molecule has 18 nitrogen and oxygen atoms in total. The monoisotopic (exact) mass is 928 g/mol. The second-order valence-corrected chi connectivity index (χ2v) is 18.7. The number of carboxylic acids is 2. The second-order valence-electron chi connectivity index (χ2n) is 18.7. The lowest BCUT2D eigenvalue weighted by molar-refractivity contribution is -0.228. The fourth-order valence-electron chi connectivity index (χ4n) is 13.1. The Kier molecular flexibility index (Phi) is 12.4. The second kappa shape index (κ2) is 17.4. The molecule has 67 heavy (non-hydrogen) atoms. The third kappa shape index (κ3) is 6.88. The molecule has 1 aromatic heterocycles. The van der Waals surface area contributed by atoms with Crippen molar-refractivity contribution >= 4 is 46.4 Å². The first-order valence-electron chi connectivity index (χ1n) is 22.6. The quantitative estimate of drug-likeness (QED) is 0.0972. The Morgan fingerprint density at radius 2 is 1.61 bits per heavy atom. The number of esters is 3. The van der Waals surface area contributed by atoms with E-state index < -0.39 is 70.1 Å². The van der Waals surface area contributed by atoms with Crippen molar-refractivity contribution in [3.05, 3.63) is 82.6 Å². The highest BCUT2D eigenvalue weighted by Crippen LogP contribution is 2.68. The van der Waals surface area contributed by atoms with E-state index in [1.165, 1.54) is 26.7 Å². The summed E-state index contributed by atoms with van der Waals surface area (Å²) in [4.78, 5) is 72.7. The highest BCUT2D eigenvalue weighted by Gasteiger charge is 2.80. The standard InChI is InChI=1S/C45H54N4O8.C4H6O6/c1-8-27-19-28-22-44(40(51)55-6,36-30(25-48(23-27)24-28)29-13-10-11-14-33(29)46-36)32-20-31-34(21-35(32)54-5)47(4)38-43(31)16-18-49-17-12-15-42(9-2,37(43)49)39(57-26(3)50)45(38,53)41(52)56-7;5-1(3(7)8)2(6)4(9)10/h10-15,19-21,28,37-39,46,53H,8-9,16-18,22-25H2,1-7H3;1-2,5-6H,(H,7,8)(H,9,10)/t28-,37+,38-,39-,42-,43-,44+,45+;/m1./s1. The molecule has 1 saturated carbocycles. The number of likely N-dealkylation sites (N-methyl/N-ethyl adjacent to an activating group) is 1. The predicted octanol–water partition coefficient (Wildman–Crippen LogP) is 2.63. The van der Waals surface area contributed by atoms with E-state index in [0.29, 0.717) is 50.2 Å². The van der Waals surface area contributed by atoms with E-state index in [9.17, 15) is 24.3 Å². The van der Waals surface area contributed by atoms with Crippen molar-refractivity contribution in [3.8, 4) is 5.75 Å². The first-order valence-corrected chi connectivity index (χ1v) is 22.6. The maximum Gasteiger partial charge on any atom is 0.344 e. The van der Waals surface area contributed by atoms with E-state index in [-0.39, 0.29) is 17.9 Å². The Bertz CT molecular complexity index is 2560. The van der Waals surface area contributed by atoms with Gasteiger partial charge < -0.3 is 54.4 Å². The number of H-pyrrole nitrogens is 1. The Hall–Kier alpha value is -5.79. The minimum atomic E-state index is -2.27. The van der Waals surface area contributed by atoms with Crippen LogP contribution < -0.4 is 9.64 Å². The lowest BCUT2D eigenvalue weighted by Gasteiger charge is -2.63. The fraction of sp³-hybridized carbons (Fsp3) is 0.531. The summed E-state index contributed by atoms with van der Waals surface area (Å²) in [6, 6.07) is 11.2. The number of nitrogens with zero attached hydrogens (tertiary/aromatic N) is 3. The molecule has 3 aromatic rings. The van der Waals surface area contributed by atoms with Crippen LogP contribution in [0.2, 0.25) is 0 Å². The van der Waals surface area contributed by atoms with E-state index in [4.69, 9.17) is 39.4 Å². The Morgan fingerprint density at radius 1 is 0.925 bits per heavy atom. The van der Waals surface area contributed by atoms with Crippen LogP contribution >= 0.6 is 0 Å². The van der Waals surface area contributed by atoms with Gasteiger partial charge in [-0.2, -0.15) is 0 Å².